The fourth-order valence-corrected chi connectivity index (χ4v) is 4.04. The Morgan fingerprint density at radius 1 is 0.947 bits per heavy atom. The third kappa shape index (κ3) is 5.59. The Hall–Kier alpha value is -4.07. The molecule has 0 spiro atoms. The van der Waals surface area contributed by atoms with Gasteiger partial charge in [0.25, 0.3) is 5.91 Å². The molecular formula is C30H28F3NO4. The second-order valence-electron chi connectivity index (χ2n) is 10.2. The topological polar surface area (TPSA) is 68.5 Å². The number of rotatable bonds is 5. The summed E-state index contributed by atoms with van der Waals surface area (Å²) in [4.78, 5) is 26.1. The van der Waals surface area contributed by atoms with E-state index in [1.807, 2.05) is 26.0 Å². The van der Waals surface area contributed by atoms with Crippen molar-refractivity contribution in [2.45, 2.75) is 46.2 Å². The first-order valence-corrected chi connectivity index (χ1v) is 12.0. The molecule has 0 saturated carbocycles. The minimum atomic E-state index is -4.65. The summed E-state index contributed by atoms with van der Waals surface area (Å²) in [6, 6.07) is 15.5. The number of hydrogen-bond acceptors (Lipinski definition) is 4. The van der Waals surface area contributed by atoms with Crippen LogP contribution in [-0.4, -0.2) is 12.5 Å². The van der Waals surface area contributed by atoms with E-state index in [9.17, 15) is 22.8 Å². The van der Waals surface area contributed by atoms with Gasteiger partial charge in [-0.2, -0.15) is 13.2 Å². The van der Waals surface area contributed by atoms with Crippen molar-refractivity contribution >= 4 is 22.6 Å². The molecule has 0 radical (unpaired) electrons. The SMILES string of the molecule is Cc1cc2oc(-c3ccc(C(C)(C)C)cc3)c(OCC(=O)Nc3ccccc3C(F)(F)F)c(=O)c2cc1C. The van der Waals surface area contributed by atoms with Gasteiger partial charge in [0.15, 0.2) is 12.4 Å². The van der Waals surface area contributed by atoms with Crippen LogP contribution in [0, 0.1) is 13.8 Å². The molecule has 0 saturated heterocycles. The van der Waals surface area contributed by atoms with E-state index in [0.29, 0.717) is 11.1 Å². The van der Waals surface area contributed by atoms with Gasteiger partial charge in [0.05, 0.1) is 16.6 Å². The average molecular weight is 524 g/mol. The third-order valence-electron chi connectivity index (χ3n) is 6.33. The van der Waals surface area contributed by atoms with E-state index < -0.39 is 35.4 Å². The van der Waals surface area contributed by atoms with E-state index in [1.54, 1.807) is 24.3 Å². The smallest absolute Gasteiger partial charge is 0.418 e. The molecule has 4 rings (SSSR count). The van der Waals surface area contributed by atoms with Crippen LogP contribution in [0.3, 0.4) is 0 Å². The third-order valence-corrected chi connectivity index (χ3v) is 6.33. The van der Waals surface area contributed by atoms with Crippen LogP contribution in [0.4, 0.5) is 18.9 Å². The van der Waals surface area contributed by atoms with E-state index in [-0.39, 0.29) is 22.3 Å². The second kappa shape index (κ2) is 10.0. The van der Waals surface area contributed by atoms with Crippen molar-refractivity contribution in [2.75, 3.05) is 11.9 Å². The highest BCUT2D eigenvalue weighted by atomic mass is 19.4. The lowest BCUT2D eigenvalue weighted by Crippen LogP contribution is -2.24. The fourth-order valence-electron chi connectivity index (χ4n) is 4.04. The number of nitrogens with one attached hydrogen (secondary N) is 1. The van der Waals surface area contributed by atoms with Gasteiger partial charge in [0.1, 0.15) is 5.58 Å². The minimum Gasteiger partial charge on any atom is -0.476 e. The normalized spacial score (nSPS) is 12.0. The molecule has 0 aliphatic carbocycles. The zero-order valence-electron chi connectivity index (χ0n) is 21.7. The molecule has 0 aliphatic rings. The van der Waals surface area contributed by atoms with Gasteiger partial charge in [0.2, 0.25) is 11.2 Å². The number of carbonyl (C=O) groups is 1. The number of ether oxygens (including phenoxy) is 1. The number of halogens is 3. The molecule has 3 aromatic carbocycles. The highest BCUT2D eigenvalue weighted by molar-refractivity contribution is 5.93. The Morgan fingerprint density at radius 2 is 1.58 bits per heavy atom. The highest BCUT2D eigenvalue weighted by Crippen LogP contribution is 2.35. The molecule has 0 atom stereocenters. The standard InChI is InChI=1S/C30H28F3NO4/c1-17-14-21-24(15-18(17)2)38-27(19-10-12-20(13-11-19)29(3,4)5)28(26(21)36)37-16-25(35)34-23-9-7-6-8-22(23)30(31,32)33/h6-15H,16H2,1-5H3,(H,34,35). The van der Waals surface area contributed by atoms with Crippen LogP contribution < -0.4 is 15.5 Å². The first-order valence-electron chi connectivity index (χ1n) is 12.0. The first kappa shape index (κ1) is 27.0. The highest BCUT2D eigenvalue weighted by Gasteiger charge is 2.33. The molecule has 0 unspecified atom stereocenters. The molecule has 1 heterocycles. The molecule has 38 heavy (non-hydrogen) atoms. The van der Waals surface area contributed by atoms with Crippen molar-refractivity contribution < 1.29 is 27.1 Å². The van der Waals surface area contributed by atoms with Crippen molar-refractivity contribution in [3.8, 4) is 17.1 Å². The van der Waals surface area contributed by atoms with Gasteiger partial charge >= 0.3 is 6.18 Å². The number of fused-ring (bicyclic) bond motifs is 1. The van der Waals surface area contributed by atoms with Crippen molar-refractivity contribution in [3.05, 3.63) is 93.1 Å². The van der Waals surface area contributed by atoms with Crippen LogP contribution in [0.25, 0.3) is 22.3 Å². The number of anilines is 1. The first-order chi connectivity index (χ1) is 17.8. The average Bonchev–Trinajstić information content (AvgIpc) is 2.84. The van der Waals surface area contributed by atoms with Crippen molar-refractivity contribution in [2.24, 2.45) is 0 Å². The van der Waals surface area contributed by atoms with Crippen LogP contribution in [0.5, 0.6) is 5.75 Å². The van der Waals surface area contributed by atoms with Gasteiger partial charge < -0.3 is 14.5 Å². The lowest BCUT2D eigenvalue weighted by atomic mass is 9.86. The molecule has 1 aromatic heterocycles. The van der Waals surface area contributed by atoms with Gasteiger partial charge in [-0.25, -0.2) is 0 Å². The van der Waals surface area contributed by atoms with Crippen molar-refractivity contribution in [1.29, 1.82) is 0 Å². The summed E-state index contributed by atoms with van der Waals surface area (Å²) in [6.07, 6.45) is -4.65. The zero-order chi connectivity index (χ0) is 27.8. The number of para-hydroxylation sites is 1. The molecule has 4 aromatic rings. The van der Waals surface area contributed by atoms with Crippen molar-refractivity contribution in [1.82, 2.24) is 0 Å². The molecule has 0 bridgehead atoms. The monoisotopic (exact) mass is 523 g/mol. The number of alkyl halides is 3. The summed E-state index contributed by atoms with van der Waals surface area (Å²) in [5, 5.41) is 2.51. The Kier molecular flexibility index (Phi) is 7.10. The van der Waals surface area contributed by atoms with Crippen LogP contribution in [0.1, 0.15) is 43.0 Å². The van der Waals surface area contributed by atoms with Gasteiger partial charge in [-0.05, 0) is 60.2 Å². The van der Waals surface area contributed by atoms with Crippen molar-refractivity contribution in [3.63, 3.8) is 0 Å². The summed E-state index contributed by atoms with van der Waals surface area (Å²) in [7, 11) is 0. The molecule has 0 aliphatic heterocycles. The number of benzene rings is 3. The summed E-state index contributed by atoms with van der Waals surface area (Å²) >= 11 is 0. The Bertz CT molecular complexity index is 1560. The lowest BCUT2D eigenvalue weighted by Gasteiger charge is -2.19. The summed E-state index contributed by atoms with van der Waals surface area (Å²) in [6.45, 7) is 9.30. The Morgan fingerprint density at radius 3 is 2.21 bits per heavy atom. The lowest BCUT2D eigenvalue weighted by molar-refractivity contribution is -0.137. The minimum absolute atomic E-state index is 0.0957. The number of amides is 1. The molecule has 198 valence electrons. The maximum absolute atomic E-state index is 13.5. The molecular weight excluding hydrogens is 495 g/mol. The van der Waals surface area contributed by atoms with Gasteiger partial charge in [0, 0.05) is 5.56 Å². The fraction of sp³-hybridized carbons (Fsp3) is 0.267. The Labute approximate surface area is 218 Å². The van der Waals surface area contributed by atoms with Gasteiger partial charge in [-0.1, -0.05) is 57.2 Å². The molecule has 5 nitrogen and oxygen atoms in total. The maximum atomic E-state index is 13.5. The maximum Gasteiger partial charge on any atom is 0.418 e. The van der Waals surface area contributed by atoms with Crippen LogP contribution in [0.15, 0.2) is 69.9 Å². The second-order valence-corrected chi connectivity index (χ2v) is 10.2. The predicted octanol–water partition coefficient (Wildman–Crippen LogP) is 7.41. The van der Waals surface area contributed by atoms with E-state index in [4.69, 9.17) is 9.15 Å². The largest absolute Gasteiger partial charge is 0.476 e. The summed E-state index contributed by atoms with van der Waals surface area (Å²) in [5.74, 6) is -0.909. The zero-order valence-corrected chi connectivity index (χ0v) is 21.7. The molecule has 0 fully saturated rings. The number of hydrogen-bond donors (Lipinski definition) is 1. The van der Waals surface area contributed by atoms with E-state index in [0.717, 1.165) is 28.8 Å². The van der Waals surface area contributed by atoms with E-state index >= 15 is 0 Å². The van der Waals surface area contributed by atoms with Crippen LogP contribution in [0.2, 0.25) is 0 Å². The van der Waals surface area contributed by atoms with Gasteiger partial charge in [-0.15, -0.1) is 0 Å². The van der Waals surface area contributed by atoms with Crippen LogP contribution >= 0.6 is 0 Å². The van der Waals surface area contributed by atoms with E-state index in [2.05, 4.69) is 26.1 Å². The number of aryl methyl sites for hydroxylation is 2. The summed E-state index contributed by atoms with van der Waals surface area (Å²) in [5.41, 5.74) is 1.85. The predicted molar refractivity (Wildman–Crippen MR) is 142 cm³/mol. The summed E-state index contributed by atoms with van der Waals surface area (Å²) < 4.78 is 51.7. The molecule has 1 amide bonds. The van der Waals surface area contributed by atoms with Gasteiger partial charge in [-0.3, -0.25) is 9.59 Å². The molecule has 1 N–H and O–H groups in total. The Balaban J connectivity index is 1.72. The quantitative estimate of drug-likeness (QED) is 0.296. The molecule has 8 heteroatoms. The van der Waals surface area contributed by atoms with Crippen LogP contribution in [-0.2, 0) is 16.4 Å². The van der Waals surface area contributed by atoms with E-state index in [1.165, 1.54) is 12.1 Å². The number of carbonyl (C=O) groups excluding carboxylic acids is 1.